The van der Waals surface area contributed by atoms with Gasteiger partial charge in [-0.05, 0) is 43.5 Å². The number of hydrogen-bond donors (Lipinski definition) is 2. The molecule has 1 aromatic rings. The van der Waals surface area contributed by atoms with Gasteiger partial charge in [0, 0.05) is 25.2 Å². The van der Waals surface area contributed by atoms with Gasteiger partial charge in [-0.3, -0.25) is 14.4 Å². The first-order valence-electron chi connectivity index (χ1n) is 11.1. The minimum atomic E-state index is -4.50. The summed E-state index contributed by atoms with van der Waals surface area (Å²) in [5.74, 6) is -3.51. The number of halogens is 3. The van der Waals surface area contributed by atoms with Crippen LogP contribution in [0.2, 0.25) is 0 Å². The van der Waals surface area contributed by atoms with Gasteiger partial charge in [0.2, 0.25) is 11.8 Å². The molecule has 0 radical (unpaired) electrons. The van der Waals surface area contributed by atoms with Crippen LogP contribution in [0.3, 0.4) is 0 Å². The fraction of sp³-hybridized carbons (Fsp3) is 0.609. The van der Waals surface area contributed by atoms with Crippen LogP contribution in [0.5, 0.6) is 0 Å². The van der Waals surface area contributed by atoms with Crippen molar-refractivity contribution in [1.82, 2.24) is 4.90 Å². The third kappa shape index (κ3) is 9.70. The lowest BCUT2D eigenvalue weighted by Gasteiger charge is -2.27. The number of nitrogens with one attached hydrogen (secondary N) is 1. The molecule has 0 aliphatic rings. The standard InChI is InChI=1S/C23H33F3N2O4/c1-3-5-7-15-28(16-8-6-4-2)22(32)19(13-14-20(29)30)21(31)27-18-11-9-17(10-12-18)23(24,25)26/h9-12,19H,3-8,13-16H2,1-2H3,(H,27,31)(H,29,30). The average molecular weight is 459 g/mol. The van der Waals surface area contributed by atoms with Gasteiger partial charge in [-0.2, -0.15) is 13.2 Å². The minimum absolute atomic E-state index is 0.111. The molecule has 2 N–H and O–H groups in total. The Bertz CT molecular complexity index is 726. The third-order valence-electron chi connectivity index (χ3n) is 5.12. The smallest absolute Gasteiger partial charge is 0.416 e. The van der Waals surface area contributed by atoms with Crippen molar-refractivity contribution in [2.75, 3.05) is 18.4 Å². The molecule has 6 nitrogen and oxygen atoms in total. The quantitative estimate of drug-likeness (QED) is 0.291. The molecule has 0 aliphatic heterocycles. The molecule has 180 valence electrons. The second-order valence-electron chi connectivity index (χ2n) is 7.79. The first kappa shape index (κ1) is 27.5. The maximum Gasteiger partial charge on any atom is 0.416 e. The molecule has 0 spiro atoms. The summed E-state index contributed by atoms with van der Waals surface area (Å²) in [5, 5.41) is 11.5. The number of alkyl halides is 3. The molecule has 1 atom stereocenters. The van der Waals surface area contributed by atoms with Gasteiger partial charge >= 0.3 is 12.1 Å². The molecule has 2 amide bonds. The van der Waals surface area contributed by atoms with Gasteiger partial charge in [-0.25, -0.2) is 0 Å². The molecule has 0 aromatic heterocycles. The number of carboxylic acids is 1. The van der Waals surface area contributed by atoms with Crippen LogP contribution < -0.4 is 5.32 Å². The molecule has 1 unspecified atom stereocenters. The van der Waals surface area contributed by atoms with Crippen molar-refractivity contribution in [3.63, 3.8) is 0 Å². The summed E-state index contributed by atoms with van der Waals surface area (Å²) in [6.45, 7) is 5.04. The Balaban J connectivity index is 2.99. The lowest BCUT2D eigenvalue weighted by molar-refractivity contribution is -0.142. The van der Waals surface area contributed by atoms with E-state index in [1.807, 2.05) is 13.8 Å². The Labute approximate surface area is 187 Å². The zero-order valence-electron chi connectivity index (χ0n) is 18.7. The summed E-state index contributed by atoms with van der Waals surface area (Å²) in [5.41, 5.74) is -0.744. The summed E-state index contributed by atoms with van der Waals surface area (Å²) >= 11 is 0. The van der Waals surface area contributed by atoms with Gasteiger partial charge in [-0.1, -0.05) is 39.5 Å². The van der Waals surface area contributed by atoms with E-state index in [-0.39, 0.29) is 18.5 Å². The molecule has 1 rings (SSSR count). The molecule has 0 heterocycles. The molecule has 32 heavy (non-hydrogen) atoms. The topological polar surface area (TPSA) is 86.7 Å². The van der Waals surface area contributed by atoms with Crippen LogP contribution in [-0.2, 0) is 20.6 Å². The lowest BCUT2D eigenvalue weighted by Crippen LogP contribution is -2.42. The Kier molecular flexibility index (Phi) is 11.8. The normalized spacial score (nSPS) is 12.3. The van der Waals surface area contributed by atoms with Crippen molar-refractivity contribution in [2.24, 2.45) is 5.92 Å². The predicted octanol–water partition coefficient (Wildman–Crippen LogP) is 5.33. The first-order chi connectivity index (χ1) is 15.1. The highest BCUT2D eigenvalue weighted by atomic mass is 19.4. The van der Waals surface area contributed by atoms with E-state index in [0.717, 1.165) is 62.8 Å². The van der Waals surface area contributed by atoms with E-state index in [0.29, 0.717) is 13.1 Å². The Hall–Kier alpha value is -2.58. The molecule has 1 aromatic carbocycles. The number of rotatable bonds is 14. The number of unbranched alkanes of at least 4 members (excludes halogenated alkanes) is 4. The van der Waals surface area contributed by atoms with Gasteiger partial charge < -0.3 is 15.3 Å². The van der Waals surface area contributed by atoms with Crippen LogP contribution >= 0.6 is 0 Å². The van der Waals surface area contributed by atoms with Crippen LogP contribution in [0.25, 0.3) is 0 Å². The lowest BCUT2D eigenvalue weighted by atomic mass is 9.99. The van der Waals surface area contributed by atoms with E-state index in [1.54, 1.807) is 4.90 Å². The highest BCUT2D eigenvalue weighted by molar-refractivity contribution is 6.06. The molecule has 0 saturated heterocycles. The monoisotopic (exact) mass is 458 g/mol. The van der Waals surface area contributed by atoms with E-state index in [1.165, 1.54) is 0 Å². The van der Waals surface area contributed by atoms with Gasteiger partial charge in [-0.15, -0.1) is 0 Å². The van der Waals surface area contributed by atoms with E-state index in [9.17, 15) is 27.6 Å². The number of aliphatic carboxylic acids is 1. The van der Waals surface area contributed by atoms with Gasteiger partial charge in [0.05, 0.1) is 5.56 Å². The van der Waals surface area contributed by atoms with Gasteiger partial charge in [0.15, 0.2) is 0 Å². The molecule has 0 fully saturated rings. The van der Waals surface area contributed by atoms with Gasteiger partial charge in [0.25, 0.3) is 0 Å². The SMILES string of the molecule is CCCCCN(CCCCC)C(=O)C(CCC(=O)O)C(=O)Nc1ccc(C(F)(F)F)cc1. The summed E-state index contributed by atoms with van der Waals surface area (Å²) in [6, 6.07) is 3.90. The van der Waals surface area contributed by atoms with Crippen LogP contribution in [-0.4, -0.2) is 40.9 Å². The fourth-order valence-corrected chi connectivity index (χ4v) is 3.26. The van der Waals surface area contributed by atoms with E-state index >= 15 is 0 Å². The summed E-state index contributed by atoms with van der Waals surface area (Å²) in [4.78, 5) is 38.7. The van der Waals surface area contributed by atoms with Crippen LogP contribution in [0, 0.1) is 5.92 Å². The number of amides is 2. The maximum absolute atomic E-state index is 13.2. The van der Waals surface area contributed by atoms with Crippen LogP contribution in [0.1, 0.15) is 70.8 Å². The second-order valence-corrected chi connectivity index (χ2v) is 7.79. The summed E-state index contributed by atoms with van der Waals surface area (Å²) in [7, 11) is 0. The number of nitrogens with zero attached hydrogens (tertiary/aromatic N) is 1. The zero-order valence-corrected chi connectivity index (χ0v) is 18.7. The Morgan fingerprint density at radius 3 is 1.94 bits per heavy atom. The van der Waals surface area contributed by atoms with Crippen molar-refractivity contribution in [1.29, 1.82) is 0 Å². The van der Waals surface area contributed by atoms with E-state index in [2.05, 4.69) is 5.32 Å². The average Bonchev–Trinajstić information content (AvgIpc) is 2.72. The van der Waals surface area contributed by atoms with Crippen molar-refractivity contribution < 1.29 is 32.7 Å². The van der Waals surface area contributed by atoms with Crippen LogP contribution in [0.15, 0.2) is 24.3 Å². The summed E-state index contributed by atoms with van der Waals surface area (Å²) < 4.78 is 38.2. The number of carbonyl (C=O) groups is 3. The number of anilines is 1. The van der Waals surface area contributed by atoms with Crippen molar-refractivity contribution >= 4 is 23.5 Å². The van der Waals surface area contributed by atoms with Crippen LogP contribution in [0.4, 0.5) is 18.9 Å². The fourth-order valence-electron chi connectivity index (χ4n) is 3.26. The molecular formula is C23H33F3N2O4. The van der Waals surface area contributed by atoms with Crippen molar-refractivity contribution in [2.45, 2.75) is 71.4 Å². The number of carboxylic acid groups (broad SMARTS) is 1. The summed E-state index contributed by atoms with van der Waals surface area (Å²) in [6.07, 6.45) is 0.292. The maximum atomic E-state index is 13.2. The highest BCUT2D eigenvalue weighted by Crippen LogP contribution is 2.30. The third-order valence-corrected chi connectivity index (χ3v) is 5.12. The van der Waals surface area contributed by atoms with Gasteiger partial charge in [0.1, 0.15) is 5.92 Å². The Morgan fingerprint density at radius 1 is 0.969 bits per heavy atom. The predicted molar refractivity (Wildman–Crippen MR) is 116 cm³/mol. The molecular weight excluding hydrogens is 425 g/mol. The van der Waals surface area contributed by atoms with E-state index < -0.39 is 35.4 Å². The zero-order chi connectivity index (χ0) is 24.1. The first-order valence-corrected chi connectivity index (χ1v) is 11.1. The molecule has 0 bridgehead atoms. The minimum Gasteiger partial charge on any atom is -0.481 e. The number of carbonyl (C=O) groups excluding carboxylic acids is 2. The Morgan fingerprint density at radius 2 is 1.50 bits per heavy atom. The molecule has 0 saturated carbocycles. The second kappa shape index (κ2) is 13.8. The number of hydrogen-bond acceptors (Lipinski definition) is 3. The van der Waals surface area contributed by atoms with Crippen molar-refractivity contribution in [3.8, 4) is 0 Å². The van der Waals surface area contributed by atoms with E-state index in [4.69, 9.17) is 5.11 Å². The van der Waals surface area contributed by atoms with Crippen molar-refractivity contribution in [3.05, 3.63) is 29.8 Å². The molecule has 9 heteroatoms. The largest absolute Gasteiger partial charge is 0.481 e. The number of benzene rings is 1. The highest BCUT2D eigenvalue weighted by Gasteiger charge is 2.32. The molecule has 0 aliphatic carbocycles.